The second-order valence-corrected chi connectivity index (χ2v) is 11.8. The normalized spacial score (nSPS) is 16.3. The van der Waals surface area contributed by atoms with Crippen LogP contribution < -0.4 is 16.2 Å². The Morgan fingerprint density at radius 1 is 1.00 bits per heavy atom. The molecule has 0 saturated carbocycles. The van der Waals surface area contributed by atoms with Gasteiger partial charge in [-0.3, -0.25) is 14.4 Å². The molecule has 0 aliphatic carbocycles. The van der Waals surface area contributed by atoms with Crippen LogP contribution in [0.1, 0.15) is 30.4 Å². The van der Waals surface area contributed by atoms with E-state index in [0.717, 1.165) is 24.6 Å². The fourth-order valence-electron chi connectivity index (χ4n) is 4.95. The van der Waals surface area contributed by atoms with Gasteiger partial charge >= 0.3 is 5.97 Å². The van der Waals surface area contributed by atoms with E-state index in [1.54, 1.807) is 65.7 Å². The SMILES string of the molecule is Nc1nccc2cc(CC(C(=O)[C@@H](NS(=O)(=O)Cc3ccccc3)C(N)C(=O)O)C(=O)N3CCCCC3)ccc12. The number of likely N-dealkylation sites (tertiary alicyclic amines) is 1. The van der Waals surface area contributed by atoms with Crippen LogP contribution in [0.25, 0.3) is 10.8 Å². The maximum Gasteiger partial charge on any atom is 0.322 e. The second kappa shape index (κ2) is 12.5. The van der Waals surface area contributed by atoms with Crippen molar-refractivity contribution in [1.82, 2.24) is 14.6 Å². The summed E-state index contributed by atoms with van der Waals surface area (Å²) in [6.45, 7) is 0.913. The molecule has 1 amide bonds. The highest BCUT2D eigenvalue weighted by atomic mass is 32.2. The van der Waals surface area contributed by atoms with Crippen molar-refractivity contribution < 1.29 is 27.9 Å². The molecule has 1 aromatic heterocycles. The van der Waals surface area contributed by atoms with Gasteiger partial charge in [0.15, 0.2) is 5.78 Å². The van der Waals surface area contributed by atoms with Crippen molar-refractivity contribution in [2.75, 3.05) is 18.8 Å². The monoisotopic (exact) mass is 567 g/mol. The number of carboxylic acids is 1. The summed E-state index contributed by atoms with van der Waals surface area (Å²) in [7, 11) is -4.21. The van der Waals surface area contributed by atoms with Crippen molar-refractivity contribution >= 4 is 44.3 Å². The number of nitrogens with two attached hydrogens (primary N) is 2. The minimum absolute atomic E-state index is 0.0738. The van der Waals surface area contributed by atoms with Gasteiger partial charge in [0.2, 0.25) is 15.9 Å². The topological polar surface area (TPSA) is 186 Å². The zero-order valence-electron chi connectivity index (χ0n) is 21.9. The highest BCUT2D eigenvalue weighted by Crippen LogP contribution is 2.24. The Balaban J connectivity index is 1.68. The number of fused-ring (bicyclic) bond motifs is 1. The smallest absolute Gasteiger partial charge is 0.322 e. The van der Waals surface area contributed by atoms with Crippen LogP contribution in [0.2, 0.25) is 0 Å². The number of carboxylic acid groups (broad SMARTS) is 1. The maximum atomic E-state index is 14.0. The van der Waals surface area contributed by atoms with E-state index >= 15 is 0 Å². The van der Waals surface area contributed by atoms with E-state index in [0.29, 0.717) is 35.4 Å². The van der Waals surface area contributed by atoms with E-state index in [2.05, 4.69) is 9.71 Å². The highest BCUT2D eigenvalue weighted by molar-refractivity contribution is 7.88. The summed E-state index contributed by atoms with van der Waals surface area (Å²) in [6, 6.07) is 11.5. The van der Waals surface area contributed by atoms with Crippen LogP contribution in [0, 0.1) is 5.92 Å². The molecule has 12 heteroatoms. The molecular formula is C28H33N5O6S. The van der Waals surface area contributed by atoms with Gasteiger partial charge in [0.25, 0.3) is 0 Å². The van der Waals surface area contributed by atoms with Crippen LogP contribution in [0.5, 0.6) is 0 Å². The van der Waals surface area contributed by atoms with Crippen molar-refractivity contribution in [1.29, 1.82) is 0 Å². The lowest BCUT2D eigenvalue weighted by atomic mass is 9.87. The average molecular weight is 568 g/mol. The lowest BCUT2D eigenvalue weighted by Gasteiger charge is -2.32. The first-order valence-electron chi connectivity index (χ1n) is 13.0. The number of nitrogens with one attached hydrogen (secondary N) is 1. The van der Waals surface area contributed by atoms with Crippen LogP contribution in [-0.2, 0) is 36.6 Å². The van der Waals surface area contributed by atoms with Crippen molar-refractivity contribution in [3.63, 3.8) is 0 Å². The Labute approximate surface area is 232 Å². The van der Waals surface area contributed by atoms with Crippen molar-refractivity contribution in [3.05, 3.63) is 71.9 Å². The first kappa shape index (κ1) is 29.1. The molecule has 2 heterocycles. The molecule has 3 atom stereocenters. The van der Waals surface area contributed by atoms with Crippen molar-refractivity contribution in [3.8, 4) is 0 Å². The van der Waals surface area contributed by atoms with Gasteiger partial charge < -0.3 is 21.5 Å². The number of amides is 1. The number of hydrogen-bond acceptors (Lipinski definition) is 8. The Hall–Kier alpha value is -3.87. The lowest BCUT2D eigenvalue weighted by molar-refractivity contribution is -0.146. The number of pyridine rings is 1. The molecule has 1 fully saturated rings. The number of carbonyl (C=O) groups excluding carboxylic acids is 2. The van der Waals surface area contributed by atoms with Gasteiger partial charge in [0, 0.05) is 24.7 Å². The Bertz CT molecular complexity index is 1490. The molecule has 212 valence electrons. The number of Topliss-reactive ketones (excluding diaryl/α,β-unsaturated/α-hetero) is 1. The molecule has 40 heavy (non-hydrogen) atoms. The third kappa shape index (κ3) is 7.00. The van der Waals surface area contributed by atoms with Crippen molar-refractivity contribution in [2.24, 2.45) is 11.7 Å². The summed E-state index contributed by atoms with van der Waals surface area (Å²) in [4.78, 5) is 45.2. The number of ketones is 1. The number of hydrogen-bond donors (Lipinski definition) is 4. The van der Waals surface area contributed by atoms with Gasteiger partial charge in [0.05, 0.1) is 5.75 Å². The third-order valence-electron chi connectivity index (χ3n) is 7.07. The predicted molar refractivity (Wildman–Crippen MR) is 150 cm³/mol. The van der Waals surface area contributed by atoms with E-state index in [9.17, 15) is 27.9 Å². The Morgan fingerprint density at radius 2 is 1.70 bits per heavy atom. The molecule has 0 radical (unpaired) electrons. The van der Waals surface area contributed by atoms with Crippen LogP contribution in [0.3, 0.4) is 0 Å². The number of piperidine rings is 1. The second-order valence-electron chi connectivity index (χ2n) is 10.0. The summed E-state index contributed by atoms with van der Waals surface area (Å²) in [5.74, 6) is -4.46. The van der Waals surface area contributed by atoms with Gasteiger partial charge in [-0.2, -0.15) is 0 Å². The van der Waals surface area contributed by atoms with E-state index in [-0.39, 0.29) is 6.42 Å². The maximum absolute atomic E-state index is 14.0. The summed E-state index contributed by atoms with van der Waals surface area (Å²) in [5, 5.41) is 11.1. The quantitative estimate of drug-likeness (QED) is 0.249. The van der Waals surface area contributed by atoms with Gasteiger partial charge in [-0.05, 0) is 48.3 Å². The molecule has 1 saturated heterocycles. The summed E-state index contributed by atoms with van der Waals surface area (Å²) >= 11 is 0. The number of carbonyl (C=O) groups is 3. The number of sulfonamides is 1. The number of nitrogen functional groups attached to an aromatic ring is 1. The number of aromatic nitrogens is 1. The molecular weight excluding hydrogens is 534 g/mol. The minimum Gasteiger partial charge on any atom is -0.480 e. The molecule has 0 spiro atoms. The molecule has 1 aliphatic rings. The van der Waals surface area contributed by atoms with Gasteiger partial charge in [-0.25, -0.2) is 18.1 Å². The average Bonchev–Trinajstić information content (AvgIpc) is 2.94. The molecule has 2 aromatic carbocycles. The molecule has 2 unspecified atom stereocenters. The van der Waals surface area contributed by atoms with Gasteiger partial charge in [-0.15, -0.1) is 0 Å². The van der Waals surface area contributed by atoms with Gasteiger partial charge in [0.1, 0.15) is 23.8 Å². The molecule has 1 aliphatic heterocycles. The first-order valence-corrected chi connectivity index (χ1v) is 14.7. The fraction of sp³-hybridized carbons (Fsp3) is 0.357. The Morgan fingerprint density at radius 3 is 2.38 bits per heavy atom. The van der Waals surface area contributed by atoms with Crippen molar-refractivity contribution in [2.45, 2.75) is 43.5 Å². The molecule has 6 N–H and O–H groups in total. The van der Waals surface area contributed by atoms with Crippen LogP contribution >= 0.6 is 0 Å². The summed E-state index contributed by atoms with van der Waals surface area (Å²) in [6.07, 6.45) is 3.98. The molecule has 0 bridgehead atoms. The van der Waals surface area contributed by atoms with E-state index in [1.807, 2.05) is 0 Å². The summed E-state index contributed by atoms with van der Waals surface area (Å²) in [5.41, 5.74) is 12.9. The van der Waals surface area contributed by atoms with Crippen LogP contribution in [-0.4, -0.2) is 66.2 Å². The molecule has 11 nitrogen and oxygen atoms in total. The number of anilines is 1. The van der Waals surface area contributed by atoms with Crippen LogP contribution in [0.4, 0.5) is 5.82 Å². The zero-order chi connectivity index (χ0) is 28.9. The number of nitrogens with zero attached hydrogens (tertiary/aromatic N) is 2. The standard InChI is InChI=1S/C28H33N5O6S/c29-23(28(36)37)24(32-40(38,39)17-18-7-3-1-4-8-18)25(34)22(27(35)33-13-5-2-6-14-33)16-19-9-10-21-20(15-19)11-12-31-26(21)30/h1,3-4,7-12,15,22-24,32H,2,5-6,13-14,16-17,29H2,(H2,30,31)(H,36,37)/t22?,23?,24-/m0/s1. The Kier molecular flexibility index (Phi) is 9.13. The van der Waals surface area contributed by atoms with E-state index < -0.39 is 51.4 Å². The number of benzene rings is 2. The fourth-order valence-corrected chi connectivity index (χ4v) is 6.32. The first-order chi connectivity index (χ1) is 19.1. The van der Waals surface area contributed by atoms with Gasteiger partial charge in [-0.1, -0.05) is 48.5 Å². The number of rotatable bonds is 11. The zero-order valence-corrected chi connectivity index (χ0v) is 22.7. The molecule has 4 rings (SSSR count). The largest absolute Gasteiger partial charge is 0.480 e. The van der Waals surface area contributed by atoms with Crippen LogP contribution in [0.15, 0.2) is 60.8 Å². The van der Waals surface area contributed by atoms with E-state index in [4.69, 9.17) is 11.5 Å². The highest BCUT2D eigenvalue weighted by Gasteiger charge is 2.42. The van der Waals surface area contributed by atoms with E-state index in [1.165, 1.54) is 0 Å². The number of aliphatic carboxylic acids is 1. The third-order valence-corrected chi connectivity index (χ3v) is 8.39. The minimum atomic E-state index is -4.21. The molecule has 3 aromatic rings. The summed E-state index contributed by atoms with van der Waals surface area (Å²) < 4.78 is 28.3. The predicted octanol–water partition coefficient (Wildman–Crippen LogP) is 1.46. The lowest BCUT2D eigenvalue weighted by Crippen LogP contribution is -2.59.